The first kappa shape index (κ1) is 26.6. The number of aromatic nitrogens is 1. The van der Waals surface area contributed by atoms with Crippen LogP contribution < -0.4 is 18.4 Å². The van der Waals surface area contributed by atoms with Crippen molar-refractivity contribution in [3.05, 3.63) is 102 Å². The zero-order chi connectivity index (χ0) is 26.0. The van der Waals surface area contributed by atoms with Crippen LogP contribution in [0.15, 0.2) is 66.9 Å². The van der Waals surface area contributed by atoms with E-state index in [1.165, 1.54) is 22.5 Å². The number of rotatable bonds is 5. The number of hydrogen-bond donors (Lipinski definition) is 0. The summed E-state index contributed by atoms with van der Waals surface area (Å²) in [6, 6.07) is 27.1. The van der Waals surface area contributed by atoms with Gasteiger partial charge in [0.25, 0.3) is 0 Å². The van der Waals surface area contributed by atoms with Gasteiger partial charge in [0.1, 0.15) is 0 Å². The molecule has 3 aliphatic heterocycles. The Morgan fingerprint density at radius 2 is 1.45 bits per heavy atom. The van der Waals surface area contributed by atoms with E-state index in [-0.39, 0.29) is 26.5 Å². The van der Waals surface area contributed by atoms with E-state index in [9.17, 15) is 0 Å². The summed E-state index contributed by atoms with van der Waals surface area (Å²) >= 11 is 0. The van der Waals surface area contributed by atoms with Gasteiger partial charge in [0, 0.05) is 68.4 Å². The molecule has 4 heterocycles. The van der Waals surface area contributed by atoms with Crippen molar-refractivity contribution in [2.45, 2.75) is 40.0 Å². The van der Waals surface area contributed by atoms with Gasteiger partial charge in [0.15, 0.2) is 18.0 Å². The Labute approximate surface area is 240 Å². The van der Waals surface area contributed by atoms with Crippen molar-refractivity contribution >= 4 is 17.1 Å². The Morgan fingerprint density at radius 3 is 2.13 bits per heavy atom. The molecule has 2 bridgehead atoms. The molecular formula is C32H32N3O2Pt-. The molecule has 3 aliphatic rings. The molecule has 0 spiro atoms. The minimum absolute atomic E-state index is 0. The summed E-state index contributed by atoms with van der Waals surface area (Å²) in [4.78, 5) is 4.37. The summed E-state index contributed by atoms with van der Waals surface area (Å²) in [7, 11) is 2.27. The fourth-order valence-corrected chi connectivity index (χ4v) is 5.37. The average Bonchev–Trinajstić information content (AvgIpc) is 3.21. The molecule has 7 rings (SSSR count). The number of benzene rings is 3. The van der Waals surface area contributed by atoms with Crippen LogP contribution in [0.4, 0.5) is 17.1 Å². The molecule has 1 saturated heterocycles. The van der Waals surface area contributed by atoms with Crippen molar-refractivity contribution in [1.29, 1.82) is 0 Å². The van der Waals surface area contributed by atoms with E-state index < -0.39 is 0 Å². The van der Waals surface area contributed by atoms with E-state index in [1.54, 1.807) is 6.20 Å². The van der Waals surface area contributed by atoms with Crippen molar-refractivity contribution < 1.29 is 30.5 Å². The first-order chi connectivity index (χ1) is 17.6. The molecule has 5 nitrogen and oxygen atoms in total. The van der Waals surface area contributed by atoms with E-state index in [0.717, 1.165) is 22.4 Å². The molecule has 0 radical (unpaired) electrons. The Bertz CT molecular complexity index is 1520. The topological polar surface area (TPSA) is 31.4 Å². The van der Waals surface area contributed by atoms with Gasteiger partial charge in [-0.3, -0.25) is 0 Å². The zero-order valence-electron chi connectivity index (χ0n) is 22.6. The van der Waals surface area contributed by atoms with Crippen LogP contribution in [0.1, 0.15) is 37.5 Å². The van der Waals surface area contributed by atoms with Crippen LogP contribution in [0.3, 0.4) is 0 Å². The van der Waals surface area contributed by atoms with Crippen molar-refractivity contribution in [3.8, 4) is 23.1 Å². The fraction of sp³-hybridized carbons (Fsp3) is 0.250. The van der Waals surface area contributed by atoms with E-state index in [2.05, 4.69) is 83.7 Å². The third-order valence-corrected chi connectivity index (χ3v) is 7.50. The molecule has 0 N–H and O–H groups in total. The fourth-order valence-electron chi connectivity index (χ4n) is 5.37. The van der Waals surface area contributed by atoms with Crippen molar-refractivity contribution in [2.75, 3.05) is 13.7 Å². The number of hydrogen-bond acceptors (Lipinski definition) is 3. The monoisotopic (exact) mass is 685 g/mol. The second-order valence-electron chi connectivity index (χ2n) is 11.4. The second-order valence-corrected chi connectivity index (χ2v) is 11.4. The Hall–Kier alpha value is -2.98. The van der Waals surface area contributed by atoms with Crippen LogP contribution in [0.2, 0.25) is 0 Å². The molecule has 0 unspecified atom stereocenters. The summed E-state index contributed by atoms with van der Waals surface area (Å²) < 4.78 is 13.8. The maximum Gasteiger partial charge on any atom is 0.216 e. The van der Waals surface area contributed by atoms with Gasteiger partial charge in [0.2, 0.25) is 5.88 Å². The molecule has 0 amide bonds. The number of ether oxygens (including phenoxy) is 2. The summed E-state index contributed by atoms with van der Waals surface area (Å²) in [6.45, 7) is 14.2. The van der Waals surface area contributed by atoms with Crippen LogP contribution in [0.5, 0.6) is 23.1 Å². The van der Waals surface area contributed by atoms with Crippen molar-refractivity contribution in [1.82, 2.24) is 14.0 Å². The zero-order valence-corrected chi connectivity index (χ0v) is 24.9. The second kappa shape index (κ2) is 9.34. The van der Waals surface area contributed by atoms with Gasteiger partial charge in [-0.1, -0.05) is 32.9 Å². The molecule has 3 aromatic carbocycles. The quantitative estimate of drug-likeness (QED) is 0.159. The van der Waals surface area contributed by atoms with Crippen molar-refractivity contribution in [3.63, 3.8) is 0 Å². The smallest absolute Gasteiger partial charge is 0.216 e. The SMILES string of the molecule is Cc1cc2c(cc1C)[N@@+]1(C)[CH-][N@+]2(c2[c-]c(Oc3[c-]c(Oc4cc(C(C)(C)C)ccn4)ccc3)ccc2)C1.[Pt]. The minimum atomic E-state index is 0. The molecule has 1 fully saturated rings. The van der Waals surface area contributed by atoms with Crippen LogP contribution in [-0.2, 0) is 26.5 Å². The van der Waals surface area contributed by atoms with Crippen LogP contribution in [0, 0.1) is 32.6 Å². The normalized spacial score (nSPS) is 21.2. The number of pyridine rings is 1. The summed E-state index contributed by atoms with van der Waals surface area (Å²) in [6.07, 6.45) is 1.78. The third-order valence-electron chi connectivity index (χ3n) is 7.50. The van der Waals surface area contributed by atoms with Gasteiger partial charge >= 0.3 is 0 Å². The predicted molar refractivity (Wildman–Crippen MR) is 148 cm³/mol. The van der Waals surface area contributed by atoms with E-state index in [4.69, 9.17) is 9.47 Å². The summed E-state index contributed by atoms with van der Waals surface area (Å²) in [5.74, 6) is 2.31. The van der Waals surface area contributed by atoms with Crippen LogP contribution in [0.25, 0.3) is 0 Å². The molecular weight excluding hydrogens is 653 g/mol. The Balaban J connectivity index is 0.00000294. The van der Waals surface area contributed by atoms with Gasteiger partial charge in [0.05, 0.1) is 13.7 Å². The molecule has 1 aromatic heterocycles. The number of nitrogens with zero attached hydrogens (tertiary/aromatic N) is 3. The largest absolute Gasteiger partial charge is 0.509 e. The molecule has 6 heteroatoms. The minimum Gasteiger partial charge on any atom is -0.509 e. The Morgan fingerprint density at radius 1 is 0.842 bits per heavy atom. The molecule has 0 aliphatic carbocycles. The third kappa shape index (κ3) is 4.47. The maximum absolute atomic E-state index is 6.21. The predicted octanol–water partition coefficient (Wildman–Crippen LogP) is 7.86. The molecule has 0 saturated carbocycles. The van der Waals surface area contributed by atoms with E-state index in [1.807, 2.05) is 42.5 Å². The standard InChI is InChI=1S/C32H32N3O2.Pt/c1-22-15-29-30(16-23(22)2)35(20-34(29,6)21-35)25-9-7-10-26(18-25)36-27-11-8-12-28(19-27)37-31-17-24(13-14-33-31)32(3,4)5;/h7-17,20H,21H2,1-6H3;/q-1;/t34-,35+;/m0./s1. The molecule has 4 aromatic rings. The van der Waals surface area contributed by atoms with Gasteiger partial charge in [-0.15, -0.1) is 24.3 Å². The maximum atomic E-state index is 6.21. The first-order valence-electron chi connectivity index (χ1n) is 12.7. The summed E-state index contributed by atoms with van der Waals surface area (Å²) in [5, 5.41) is 0. The van der Waals surface area contributed by atoms with Crippen molar-refractivity contribution in [2.24, 2.45) is 0 Å². The molecule has 38 heavy (non-hydrogen) atoms. The molecule has 2 atom stereocenters. The van der Waals surface area contributed by atoms with Crippen LogP contribution >= 0.6 is 0 Å². The average molecular weight is 686 g/mol. The van der Waals surface area contributed by atoms with Gasteiger partial charge < -0.3 is 18.4 Å². The summed E-state index contributed by atoms with van der Waals surface area (Å²) in [5.41, 5.74) is 7.58. The Kier molecular flexibility index (Phi) is 6.54. The molecule has 198 valence electrons. The van der Waals surface area contributed by atoms with E-state index >= 15 is 0 Å². The van der Waals surface area contributed by atoms with E-state index in [0.29, 0.717) is 27.6 Å². The van der Waals surface area contributed by atoms with Crippen LogP contribution in [-0.4, -0.2) is 18.7 Å². The first-order valence-corrected chi connectivity index (χ1v) is 12.7. The number of aryl methyl sites for hydroxylation is 2. The van der Waals surface area contributed by atoms with Gasteiger partial charge in [-0.25, -0.2) is 4.98 Å². The number of quaternary nitrogens is 2. The van der Waals surface area contributed by atoms with Gasteiger partial charge in [-0.2, -0.15) is 12.1 Å². The van der Waals surface area contributed by atoms with Gasteiger partial charge in [-0.05, 0) is 42.0 Å².